The van der Waals surface area contributed by atoms with Crippen LogP contribution in [0.4, 0.5) is 5.82 Å². The summed E-state index contributed by atoms with van der Waals surface area (Å²) in [5.74, 6) is 2.16. The van der Waals surface area contributed by atoms with Gasteiger partial charge in [0.05, 0.1) is 30.6 Å². The second-order valence-corrected chi connectivity index (χ2v) is 9.34. The van der Waals surface area contributed by atoms with Crippen LogP contribution < -0.4 is 4.90 Å². The molecule has 1 unspecified atom stereocenters. The number of carbonyl (C=O) groups excluding carboxylic acids is 1. The number of nitrogens with zero attached hydrogens (tertiary/aromatic N) is 5. The van der Waals surface area contributed by atoms with E-state index in [1.54, 1.807) is 0 Å². The third-order valence-electron chi connectivity index (χ3n) is 6.72. The maximum Gasteiger partial charge on any atom is 0.225 e. The van der Waals surface area contributed by atoms with Gasteiger partial charge in [-0.2, -0.15) is 0 Å². The van der Waals surface area contributed by atoms with Gasteiger partial charge in [0.2, 0.25) is 5.91 Å². The third kappa shape index (κ3) is 3.90. The lowest BCUT2D eigenvalue weighted by atomic mass is 10.0. The first-order valence-electron chi connectivity index (χ1n) is 11.7. The van der Waals surface area contributed by atoms with Crippen LogP contribution in [0.15, 0.2) is 24.4 Å². The quantitative estimate of drug-likeness (QED) is 0.737. The Balaban J connectivity index is 1.55. The van der Waals surface area contributed by atoms with Crippen LogP contribution in [-0.2, 0) is 16.0 Å². The van der Waals surface area contributed by atoms with Crippen LogP contribution in [0, 0.1) is 5.92 Å². The molecule has 4 heterocycles. The molecule has 1 aliphatic carbocycles. The lowest BCUT2D eigenvalue weighted by Crippen LogP contribution is -2.44. The molecule has 0 radical (unpaired) electrons. The topological polar surface area (TPSA) is 71.5 Å². The number of hydrogen-bond acceptors (Lipinski definition) is 6. The third-order valence-corrected chi connectivity index (χ3v) is 6.72. The number of ether oxygens (including phenoxy) is 1. The van der Waals surface area contributed by atoms with E-state index in [0.29, 0.717) is 13.2 Å². The van der Waals surface area contributed by atoms with Gasteiger partial charge in [0, 0.05) is 61.3 Å². The summed E-state index contributed by atoms with van der Waals surface area (Å²) in [5, 5.41) is 0. The molecule has 0 saturated carbocycles. The fraction of sp³-hybridized carbons (Fsp3) is 0.520. The predicted molar refractivity (Wildman–Crippen MR) is 124 cm³/mol. The Labute approximate surface area is 189 Å². The van der Waals surface area contributed by atoms with E-state index in [1.165, 1.54) is 0 Å². The molecule has 2 atom stereocenters. The smallest absolute Gasteiger partial charge is 0.225 e. The molecule has 2 fully saturated rings. The number of pyridine rings is 1. The lowest BCUT2D eigenvalue weighted by Gasteiger charge is -2.34. The van der Waals surface area contributed by atoms with Gasteiger partial charge in [-0.3, -0.25) is 9.78 Å². The number of anilines is 1. The van der Waals surface area contributed by atoms with Crippen molar-refractivity contribution in [3.05, 3.63) is 41.4 Å². The minimum absolute atomic E-state index is 0.0191. The summed E-state index contributed by atoms with van der Waals surface area (Å²) >= 11 is 0. The summed E-state index contributed by atoms with van der Waals surface area (Å²) in [6.45, 7) is 9.83. The average molecular weight is 434 g/mol. The van der Waals surface area contributed by atoms with Crippen LogP contribution in [-0.4, -0.2) is 64.6 Å². The number of allylic oxidation sites excluding steroid dienone is 1. The molecule has 0 spiro atoms. The Hall–Kier alpha value is -2.80. The molecule has 7 heteroatoms. The lowest BCUT2D eigenvalue weighted by molar-refractivity contribution is -0.133. The zero-order valence-corrected chi connectivity index (χ0v) is 19.1. The van der Waals surface area contributed by atoms with Gasteiger partial charge in [-0.05, 0) is 19.4 Å². The Bertz CT molecular complexity index is 1050. The zero-order valence-electron chi connectivity index (χ0n) is 19.1. The number of hydrogen-bond donors (Lipinski definition) is 0. The molecule has 32 heavy (non-hydrogen) atoms. The van der Waals surface area contributed by atoms with Crippen molar-refractivity contribution in [2.24, 2.45) is 5.92 Å². The molecule has 1 amide bonds. The fourth-order valence-corrected chi connectivity index (χ4v) is 4.91. The molecule has 7 nitrogen and oxygen atoms in total. The van der Waals surface area contributed by atoms with Crippen LogP contribution in [0.1, 0.15) is 50.1 Å². The number of carbonyl (C=O) groups is 1. The monoisotopic (exact) mass is 433 g/mol. The molecule has 2 aliphatic heterocycles. The zero-order chi connectivity index (χ0) is 22.2. The van der Waals surface area contributed by atoms with E-state index in [0.717, 1.165) is 66.6 Å². The summed E-state index contributed by atoms with van der Waals surface area (Å²) in [7, 11) is 0. The number of aromatic nitrogens is 3. The molecule has 2 saturated heterocycles. The molecular formula is C25H31N5O2. The van der Waals surface area contributed by atoms with Crippen molar-refractivity contribution in [1.82, 2.24) is 19.9 Å². The first-order chi connectivity index (χ1) is 15.5. The molecule has 0 N–H and O–H groups in total. The van der Waals surface area contributed by atoms with E-state index in [2.05, 4.69) is 35.0 Å². The molecule has 2 aromatic heterocycles. The fourth-order valence-electron chi connectivity index (χ4n) is 4.91. The number of likely N-dealkylation sites (tertiary alicyclic amines) is 1. The first kappa shape index (κ1) is 21.1. The van der Waals surface area contributed by atoms with E-state index in [9.17, 15) is 4.79 Å². The SMILES string of the molecule is CC(C)C(=O)N1CCC(c2cc(N3CCOC[C@H]3C)nc(-c3ccnc4c3C=CC4)n2)C1. The van der Waals surface area contributed by atoms with Crippen LogP contribution in [0.25, 0.3) is 17.5 Å². The van der Waals surface area contributed by atoms with Crippen LogP contribution in [0.5, 0.6) is 0 Å². The Morgan fingerprint density at radius 1 is 1.25 bits per heavy atom. The van der Waals surface area contributed by atoms with E-state index < -0.39 is 0 Å². The molecule has 0 bridgehead atoms. The highest BCUT2D eigenvalue weighted by atomic mass is 16.5. The van der Waals surface area contributed by atoms with Crippen molar-refractivity contribution >= 4 is 17.8 Å². The Kier molecular flexibility index (Phi) is 5.67. The number of amides is 1. The van der Waals surface area contributed by atoms with E-state index >= 15 is 0 Å². The van der Waals surface area contributed by atoms with Crippen molar-refractivity contribution < 1.29 is 9.53 Å². The van der Waals surface area contributed by atoms with E-state index in [-0.39, 0.29) is 23.8 Å². The van der Waals surface area contributed by atoms with Gasteiger partial charge in [-0.1, -0.05) is 26.0 Å². The van der Waals surface area contributed by atoms with Crippen molar-refractivity contribution in [1.29, 1.82) is 0 Å². The van der Waals surface area contributed by atoms with Gasteiger partial charge in [0.15, 0.2) is 5.82 Å². The molecule has 5 rings (SSSR count). The average Bonchev–Trinajstić information content (AvgIpc) is 3.48. The number of fused-ring (bicyclic) bond motifs is 1. The van der Waals surface area contributed by atoms with Gasteiger partial charge in [-0.25, -0.2) is 9.97 Å². The normalized spacial score (nSPS) is 22.6. The van der Waals surface area contributed by atoms with Gasteiger partial charge in [0.1, 0.15) is 5.82 Å². The number of morpholine rings is 1. The summed E-state index contributed by atoms with van der Waals surface area (Å²) in [5.41, 5.74) is 4.25. The van der Waals surface area contributed by atoms with Crippen molar-refractivity contribution in [2.75, 3.05) is 37.7 Å². The largest absolute Gasteiger partial charge is 0.377 e. The second-order valence-electron chi connectivity index (χ2n) is 9.34. The van der Waals surface area contributed by atoms with Crippen molar-refractivity contribution in [3.8, 4) is 11.4 Å². The molecule has 2 aromatic rings. The molecule has 168 valence electrons. The van der Waals surface area contributed by atoms with Crippen LogP contribution >= 0.6 is 0 Å². The predicted octanol–water partition coefficient (Wildman–Crippen LogP) is 3.30. The minimum atomic E-state index is 0.0191. The highest BCUT2D eigenvalue weighted by Gasteiger charge is 2.31. The Morgan fingerprint density at radius 3 is 2.94 bits per heavy atom. The molecule has 0 aromatic carbocycles. The standard InChI is InChI=1S/C25H31N5O2/c1-16(2)25(31)29-10-8-18(14-29)22-13-23(30-11-12-32-15-17(30)3)28-24(27-22)20-7-9-26-21-6-4-5-19(20)21/h4-5,7,9,13,16-18H,6,8,10-12,14-15H2,1-3H3/t17-,18?/m1/s1. The maximum atomic E-state index is 12.6. The van der Waals surface area contributed by atoms with E-state index in [4.69, 9.17) is 14.7 Å². The first-order valence-corrected chi connectivity index (χ1v) is 11.7. The summed E-state index contributed by atoms with van der Waals surface area (Å²) < 4.78 is 5.66. The second kappa shape index (κ2) is 8.62. The van der Waals surface area contributed by atoms with Gasteiger partial charge < -0.3 is 14.5 Å². The molecule has 3 aliphatic rings. The number of rotatable bonds is 4. The summed E-state index contributed by atoms with van der Waals surface area (Å²) in [4.78, 5) is 31.5. The molecular weight excluding hydrogens is 402 g/mol. The Morgan fingerprint density at radius 2 is 2.12 bits per heavy atom. The van der Waals surface area contributed by atoms with Gasteiger partial charge >= 0.3 is 0 Å². The van der Waals surface area contributed by atoms with Crippen molar-refractivity contribution in [2.45, 2.75) is 45.6 Å². The van der Waals surface area contributed by atoms with Gasteiger partial charge in [-0.15, -0.1) is 0 Å². The highest BCUT2D eigenvalue weighted by molar-refractivity contribution is 5.78. The van der Waals surface area contributed by atoms with Crippen LogP contribution in [0.3, 0.4) is 0 Å². The minimum Gasteiger partial charge on any atom is -0.377 e. The summed E-state index contributed by atoms with van der Waals surface area (Å²) in [6, 6.07) is 4.41. The van der Waals surface area contributed by atoms with Gasteiger partial charge in [0.25, 0.3) is 0 Å². The van der Waals surface area contributed by atoms with E-state index in [1.807, 2.05) is 31.0 Å². The van der Waals surface area contributed by atoms with Crippen LogP contribution in [0.2, 0.25) is 0 Å². The van der Waals surface area contributed by atoms with Crippen molar-refractivity contribution in [3.63, 3.8) is 0 Å². The maximum absolute atomic E-state index is 12.6. The summed E-state index contributed by atoms with van der Waals surface area (Å²) in [6.07, 6.45) is 7.91. The highest BCUT2D eigenvalue weighted by Crippen LogP contribution is 2.34.